The number of aryl methyl sites for hydroxylation is 1. The van der Waals surface area contributed by atoms with Gasteiger partial charge in [0.05, 0.1) is 0 Å². The quantitative estimate of drug-likeness (QED) is 0.665. The molecule has 0 aliphatic carbocycles. The Labute approximate surface area is 106 Å². The summed E-state index contributed by atoms with van der Waals surface area (Å²) in [6.45, 7) is 2.09. The van der Waals surface area contributed by atoms with Crippen molar-refractivity contribution >= 4 is 17.6 Å². The molecule has 0 aliphatic heterocycles. The first-order chi connectivity index (χ1) is 8.26. The molecule has 88 valence electrons. The second-order valence-electron chi connectivity index (χ2n) is 3.68. The highest BCUT2D eigenvalue weighted by Gasteiger charge is 2.09. The summed E-state index contributed by atoms with van der Waals surface area (Å²) >= 11 is 1.54. The molecule has 0 atom stereocenters. The van der Waals surface area contributed by atoms with Gasteiger partial charge in [0.2, 0.25) is 0 Å². The number of hydrogen-bond acceptors (Lipinski definition) is 4. The largest absolute Gasteiger partial charge is 0.372 e. The van der Waals surface area contributed by atoms with Gasteiger partial charge < -0.3 is 5.32 Å². The Bertz CT molecular complexity index is 526. The fraction of sp³-hybridized carbons (Fsp3) is 0.231. The van der Waals surface area contributed by atoms with Crippen LogP contribution in [0.15, 0.2) is 35.6 Å². The van der Waals surface area contributed by atoms with Gasteiger partial charge in [-0.3, -0.25) is 0 Å². The Kier molecular flexibility index (Phi) is 3.64. The van der Waals surface area contributed by atoms with E-state index in [0.29, 0.717) is 0 Å². The highest BCUT2D eigenvalue weighted by molar-refractivity contribution is 7.98. The van der Waals surface area contributed by atoms with Crippen LogP contribution in [-0.4, -0.2) is 23.3 Å². The number of nitrogens with zero attached hydrogens (tertiary/aromatic N) is 2. The number of nitrogens with one attached hydrogen (secondary N) is 1. The molecule has 0 saturated heterocycles. The van der Waals surface area contributed by atoms with Crippen molar-refractivity contribution in [1.82, 2.24) is 9.97 Å². The minimum atomic E-state index is 0.784. The molecule has 0 amide bonds. The van der Waals surface area contributed by atoms with E-state index in [4.69, 9.17) is 0 Å². The van der Waals surface area contributed by atoms with Crippen molar-refractivity contribution in [2.45, 2.75) is 12.1 Å². The molecular formula is C13H15N3S. The maximum Gasteiger partial charge on any atom is 0.189 e. The van der Waals surface area contributed by atoms with Crippen LogP contribution >= 0.6 is 11.8 Å². The molecule has 4 heteroatoms. The van der Waals surface area contributed by atoms with Crippen LogP contribution < -0.4 is 5.32 Å². The first-order valence-electron chi connectivity index (χ1n) is 5.41. The van der Waals surface area contributed by atoms with Gasteiger partial charge in [0.1, 0.15) is 5.82 Å². The molecule has 1 aromatic carbocycles. The van der Waals surface area contributed by atoms with Gasteiger partial charge in [-0.2, -0.15) is 0 Å². The van der Waals surface area contributed by atoms with Gasteiger partial charge in [-0.25, -0.2) is 9.97 Å². The maximum atomic E-state index is 4.47. The van der Waals surface area contributed by atoms with E-state index in [1.165, 1.54) is 11.1 Å². The van der Waals surface area contributed by atoms with Crippen LogP contribution in [0.1, 0.15) is 5.56 Å². The fourth-order valence-corrected chi connectivity index (χ4v) is 2.07. The lowest BCUT2D eigenvalue weighted by Crippen LogP contribution is -1.99. The lowest BCUT2D eigenvalue weighted by atomic mass is 10.0. The summed E-state index contributed by atoms with van der Waals surface area (Å²) in [5, 5.41) is 3.92. The van der Waals surface area contributed by atoms with Crippen LogP contribution in [-0.2, 0) is 0 Å². The lowest BCUT2D eigenvalue weighted by Gasteiger charge is -2.10. The summed E-state index contributed by atoms with van der Waals surface area (Å²) < 4.78 is 0. The minimum absolute atomic E-state index is 0.784. The molecule has 1 heterocycles. The van der Waals surface area contributed by atoms with Crippen molar-refractivity contribution in [1.29, 1.82) is 0 Å². The van der Waals surface area contributed by atoms with E-state index in [0.717, 1.165) is 16.5 Å². The van der Waals surface area contributed by atoms with Crippen molar-refractivity contribution < 1.29 is 0 Å². The summed E-state index contributed by atoms with van der Waals surface area (Å²) in [5.74, 6) is 0.874. The molecule has 0 radical (unpaired) electrons. The van der Waals surface area contributed by atoms with Crippen molar-refractivity contribution in [3.8, 4) is 11.1 Å². The summed E-state index contributed by atoms with van der Waals surface area (Å²) in [6.07, 6.45) is 3.86. The fourth-order valence-electron chi connectivity index (χ4n) is 1.73. The Morgan fingerprint density at radius 2 is 1.94 bits per heavy atom. The van der Waals surface area contributed by atoms with Gasteiger partial charge in [-0.15, -0.1) is 0 Å². The third-order valence-corrected chi connectivity index (χ3v) is 3.18. The molecule has 0 spiro atoms. The Balaban J connectivity index is 2.56. The predicted molar refractivity (Wildman–Crippen MR) is 73.5 cm³/mol. The number of anilines is 1. The molecule has 0 saturated carbocycles. The van der Waals surface area contributed by atoms with Crippen LogP contribution in [0, 0.1) is 6.92 Å². The van der Waals surface area contributed by atoms with Crippen LogP contribution in [0.4, 0.5) is 5.82 Å². The Hall–Kier alpha value is -1.55. The molecule has 2 aromatic rings. The number of aromatic nitrogens is 2. The van der Waals surface area contributed by atoms with E-state index in [-0.39, 0.29) is 0 Å². The van der Waals surface area contributed by atoms with Crippen LogP contribution in [0.2, 0.25) is 0 Å². The standard InChI is InChI=1S/C13H15N3S/c1-9-6-4-5-7-10(9)11-8-15-13(17-3)16-12(11)14-2/h4-8H,1-3H3,(H,14,15,16). The van der Waals surface area contributed by atoms with Crippen molar-refractivity contribution in [3.63, 3.8) is 0 Å². The molecular weight excluding hydrogens is 230 g/mol. The van der Waals surface area contributed by atoms with Gasteiger partial charge >= 0.3 is 0 Å². The second kappa shape index (κ2) is 5.19. The highest BCUT2D eigenvalue weighted by Crippen LogP contribution is 2.29. The average molecular weight is 245 g/mol. The highest BCUT2D eigenvalue weighted by atomic mass is 32.2. The van der Waals surface area contributed by atoms with E-state index < -0.39 is 0 Å². The zero-order valence-electron chi connectivity index (χ0n) is 10.2. The van der Waals surface area contributed by atoms with Crippen LogP contribution in [0.5, 0.6) is 0 Å². The zero-order chi connectivity index (χ0) is 12.3. The third-order valence-electron chi connectivity index (χ3n) is 2.62. The number of benzene rings is 1. The molecule has 1 N–H and O–H groups in total. The van der Waals surface area contributed by atoms with E-state index in [1.807, 2.05) is 31.6 Å². The molecule has 2 rings (SSSR count). The second-order valence-corrected chi connectivity index (χ2v) is 4.46. The monoisotopic (exact) mass is 245 g/mol. The third kappa shape index (κ3) is 2.42. The lowest BCUT2D eigenvalue weighted by molar-refractivity contribution is 0.974. The molecule has 1 aromatic heterocycles. The predicted octanol–water partition coefficient (Wildman–Crippen LogP) is 3.22. The molecule has 0 bridgehead atoms. The van der Waals surface area contributed by atoms with Gasteiger partial charge in [0.25, 0.3) is 0 Å². The molecule has 17 heavy (non-hydrogen) atoms. The number of hydrogen-bond donors (Lipinski definition) is 1. The average Bonchev–Trinajstić information content (AvgIpc) is 2.38. The van der Waals surface area contributed by atoms with E-state index in [2.05, 4.69) is 34.3 Å². The topological polar surface area (TPSA) is 37.8 Å². The van der Waals surface area contributed by atoms with Crippen molar-refractivity contribution in [2.24, 2.45) is 0 Å². The Morgan fingerprint density at radius 1 is 1.18 bits per heavy atom. The first kappa shape index (κ1) is 11.9. The van der Waals surface area contributed by atoms with Gasteiger partial charge in [-0.05, 0) is 24.3 Å². The van der Waals surface area contributed by atoms with Gasteiger partial charge in [-0.1, -0.05) is 36.0 Å². The van der Waals surface area contributed by atoms with Crippen molar-refractivity contribution in [2.75, 3.05) is 18.6 Å². The number of thioether (sulfide) groups is 1. The molecule has 0 fully saturated rings. The normalized spacial score (nSPS) is 10.3. The van der Waals surface area contributed by atoms with Crippen molar-refractivity contribution in [3.05, 3.63) is 36.0 Å². The molecule has 0 aliphatic rings. The minimum Gasteiger partial charge on any atom is -0.372 e. The van der Waals surface area contributed by atoms with Gasteiger partial charge in [0.15, 0.2) is 5.16 Å². The Morgan fingerprint density at radius 3 is 2.59 bits per heavy atom. The van der Waals surface area contributed by atoms with Crippen LogP contribution in [0.3, 0.4) is 0 Å². The van der Waals surface area contributed by atoms with Crippen LogP contribution in [0.25, 0.3) is 11.1 Å². The van der Waals surface area contributed by atoms with E-state index >= 15 is 0 Å². The molecule has 0 unspecified atom stereocenters. The SMILES string of the molecule is CNc1nc(SC)ncc1-c1ccccc1C. The maximum absolute atomic E-state index is 4.47. The first-order valence-corrected chi connectivity index (χ1v) is 6.63. The zero-order valence-corrected chi connectivity index (χ0v) is 11.0. The summed E-state index contributed by atoms with van der Waals surface area (Å²) in [4.78, 5) is 8.80. The summed E-state index contributed by atoms with van der Waals surface area (Å²) in [6, 6.07) is 8.25. The van der Waals surface area contributed by atoms with Gasteiger partial charge in [0, 0.05) is 18.8 Å². The number of rotatable bonds is 3. The van der Waals surface area contributed by atoms with E-state index in [1.54, 1.807) is 11.8 Å². The summed E-state index contributed by atoms with van der Waals surface area (Å²) in [5.41, 5.74) is 3.44. The smallest absolute Gasteiger partial charge is 0.189 e. The van der Waals surface area contributed by atoms with E-state index in [9.17, 15) is 0 Å². The molecule has 3 nitrogen and oxygen atoms in total. The summed E-state index contributed by atoms with van der Waals surface area (Å²) in [7, 11) is 1.88.